The molecule has 0 aliphatic rings. The molecular weight excluding hydrogens is 291 g/mol. The van der Waals surface area contributed by atoms with Crippen LogP contribution in [0.2, 0.25) is 0 Å². The average molecular weight is 304 g/mol. The molecule has 6 heteroatoms. The molecule has 0 bridgehead atoms. The Bertz CT molecular complexity index is 794. The Morgan fingerprint density at radius 2 is 2.24 bits per heavy atom. The number of ether oxygens (including phenoxy) is 1. The summed E-state index contributed by atoms with van der Waals surface area (Å²) in [6.45, 7) is 2.13. The third-order valence-corrected chi connectivity index (χ3v) is 3.95. The van der Waals surface area contributed by atoms with Crippen LogP contribution in [0.1, 0.15) is 12.6 Å². The minimum Gasteiger partial charge on any atom is -0.466 e. The third-order valence-electron chi connectivity index (χ3n) is 3.06. The van der Waals surface area contributed by atoms with Gasteiger partial charge in [-0.25, -0.2) is 9.37 Å². The number of hydrogen-bond acceptors (Lipinski definition) is 4. The summed E-state index contributed by atoms with van der Waals surface area (Å²) in [5.74, 6) is -0.589. The second-order valence-corrected chi connectivity index (χ2v) is 5.30. The SMILES string of the molecule is CCOC(=O)Cc1csc2nc(-c3ccccc3F)cn12. The normalized spacial score (nSPS) is 11.0. The van der Waals surface area contributed by atoms with Crippen LogP contribution in [0.5, 0.6) is 0 Å². The van der Waals surface area contributed by atoms with Crippen LogP contribution in [-0.4, -0.2) is 22.0 Å². The first-order valence-corrected chi connectivity index (χ1v) is 7.43. The summed E-state index contributed by atoms with van der Waals surface area (Å²) >= 11 is 1.42. The van der Waals surface area contributed by atoms with Crippen molar-refractivity contribution in [3.63, 3.8) is 0 Å². The van der Waals surface area contributed by atoms with E-state index in [2.05, 4.69) is 4.98 Å². The van der Waals surface area contributed by atoms with Crippen LogP contribution >= 0.6 is 11.3 Å². The molecule has 3 rings (SSSR count). The van der Waals surface area contributed by atoms with Crippen molar-refractivity contribution in [1.82, 2.24) is 9.38 Å². The number of thiazole rings is 1. The Morgan fingerprint density at radius 3 is 3.00 bits per heavy atom. The molecule has 0 atom stereocenters. The summed E-state index contributed by atoms with van der Waals surface area (Å²) in [7, 11) is 0. The first-order valence-electron chi connectivity index (χ1n) is 6.55. The zero-order valence-electron chi connectivity index (χ0n) is 11.4. The van der Waals surface area contributed by atoms with Gasteiger partial charge in [-0.15, -0.1) is 11.3 Å². The quantitative estimate of drug-likeness (QED) is 0.695. The van der Waals surface area contributed by atoms with Crippen molar-refractivity contribution in [3.05, 3.63) is 47.4 Å². The number of esters is 1. The van der Waals surface area contributed by atoms with Gasteiger partial charge in [0.05, 0.1) is 18.7 Å². The third kappa shape index (κ3) is 2.67. The van der Waals surface area contributed by atoms with Crippen molar-refractivity contribution < 1.29 is 13.9 Å². The van der Waals surface area contributed by atoms with Gasteiger partial charge in [-0.3, -0.25) is 9.20 Å². The monoisotopic (exact) mass is 304 g/mol. The maximum absolute atomic E-state index is 13.8. The van der Waals surface area contributed by atoms with E-state index in [0.717, 1.165) is 10.7 Å². The van der Waals surface area contributed by atoms with Gasteiger partial charge in [0.25, 0.3) is 0 Å². The number of carbonyl (C=O) groups is 1. The van der Waals surface area contributed by atoms with Gasteiger partial charge in [-0.2, -0.15) is 0 Å². The average Bonchev–Trinajstić information content (AvgIpc) is 3.02. The molecule has 0 saturated heterocycles. The molecule has 0 spiro atoms. The second kappa shape index (κ2) is 5.65. The summed E-state index contributed by atoms with van der Waals surface area (Å²) in [5, 5.41) is 1.87. The molecule has 0 radical (unpaired) electrons. The number of hydrogen-bond donors (Lipinski definition) is 0. The molecule has 21 heavy (non-hydrogen) atoms. The molecule has 0 saturated carbocycles. The lowest BCUT2D eigenvalue weighted by Crippen LogP contribution is -2.08. The number of fused-ring (bicyclic) bond motifs is 1. The molecule has 108 valence electrons. The maximum Gasteiger partial charge on any atom is 0.311 e. The predicted molar refractivity (Wildman–Crippen MR) is 78.8 cm³/mol. The van der Waals surface area contributed by atoms with Crippen LogP contribution in [0.15, 0.2) is 35.8 Å². The molecule has 0 aliphatic heterocycles. The Kier molecular flexibility index (Phi) is 3.70. The van der Waals surface area contributed by atoms with Gasteiger partial charge in [-0.05, 0) is 19.1 Å². The summed E-state index contributed by atoms with van der Waals surface area (Å²) in [4.78, 5) is 16.7. The topological polar surface area (TPSA) is 43.6 Å². The van der Waals surface area contributed by atoms with Crippen LogP contribution in [-0.2, 0) is 16.0 Å². The molecule has 4 nitrogen and oxygen atoms in total. The highest BCUT2D eigenvalue weighted by atomic mass is 32.1. The highest BCUT2D eigenvalue weighted by molar-refractivity contribution is 7.15. The van der Waals surface area contributed by atoms with Crippen molar-refractivity contribution in [3.8, 4) is 11.3 Å². The van der Waals surface area contributed by atoms with Gasteiger partial charge in [-0.1, -0.05) is 12.1 Å². The number of imidazole rings is 1. The standard InChI is InChI=1S/C15H13FN2O2S/c1-2-20-14(19)7-10-9-21-15-17-13(8-18(10)15)11-5-3-4-6-12(11)16/h3-6,8-9H,2,7H2,1H3. The Labute approximate surface area is 124 Å². The van der Waals surface area contributed by atoms with Gasteiger partial charge in [0.15, 0.2) is 4.96 Å². The van der Waals surface area contributed by atoms with E-state index in [9.17, 15) is 9.18 Å². The van der Waals surface area contributed by atoms with E-state index in [1.807, 2.05) is 9.78 Å². The summed E-state index contributed by atoms with van der Waals surface area (Å²) in [6, 6.07) is 6.50. The molecule has 2 aromatic heterocycles. The van der Waals surface area contributed by atoms with E-state index in [1.54, 1.807) is 31.3 Å². The lowest BCUT2D eigenvalue weighted by Gasteiger charge is -2.00. The zero-order valence-corrected chi connectivity index (χ0v) is 12.2. The lowest BCUT2D eigenvalue weighted by atomic mass is 10.1. The van der Waals surface area contributed by atoms with E-state index in [4.69, 9.17) is 4.74 Å². The largest absolute Gasteiger partial charge is 0.466 e. The molecule has 3 aromatic rings. The molecule has 0 aliphatic carbocycles. The fraction of sp³-hybridized carbons (Fsp3) is 0.200. The van der Waals surface area contributed by atoms with Crippen molar-refractivity contribution in [1.29, 1.82) is 0 Å². The number of nitrogens with zero attached hydrogens (tertiary/aromatic N) is 2. The number of benzene rings is 1. The number of carbonyl (C=O) groups excluding carboxylic acids is 1. The first-order chi connectivity index (χ1) is 10.2. The Hall–Kier alpha value is -2.21. The number of aromatic nitrogens is 2. The van der Waals surface area contributed by atoms with Gasteiger partial charge in [0, 0.05) is 22.8 Å². The van der Waals surface area contributed by atoms with E-state index < -0.39 is 0 Å². The van der Waals surface area contributed by atoms with E-state index in [-0.39, 0.29) is 18.2 Å². The summed E-state index contributed by atoms with van der Waals surface area (Å²) < 4.78 is 20.6. The minimum atomic E-state index is -0.310. The lowest BCUT2D eigenvalue weighted by molar-refractivity contribution is -0.142. The smallest absolute Gasteiger partial charge is 0.311 e. The van der Waals surface area contributed by atoms with Gasteiger partial charge in [0.1, 0.15) is 5.82 Å². The van der Waals surface area contributed by atoms with Crippen LogP contribution in [0.25, 0.3) is 16.2 Å². The fourth-order valence-corrected chi connectivity index (χ4v) is 2.99. The van der Waals surface area contributed by atoms with Crippen LogP contribution in [0.4, 0.5) is 4.39 Å². The molecular formula is C15H13FN2O2S. The molecule has 0 unspecified atom stereocenters. The number of rotatable bonds is 4. The zero-order chi connectivity index (χ0) is 14.8. The van der Waals surface area contributed by atoms with Crippen LogP contribution < -0.4 is 0 Å². The van der Waals surface area contributed by atoms with E-state index in [0.29, 0.717) is 17.9 Å². The summed E-state index contributed by atoms with van der Waals surface area (Å²) in [5.41, 5.74) is 1.81. The Balaban J connectivity index is 1.96. The Morgan fingerprint density at radius 1 is 1.43 bits per heavy atom. The molecule has 0 fully saturated rings. The first kappa shape index (κ1) is 13.8. The molecule has 0 N–H and O–H groups in total. The highest BCUT2D eigenvalue weighted by Gasteiger charge is 2.14. The molecule has 0 amide bonds. The summed E-state index contributed by atoms with van der Waals surface area (Å²) in [6.07, 6.45) is 1.93. The van der Waals surface area contributed by atoms with Gasteiger partial charge < -0.3 is 4.74 Å². The van der Waals surface area contributed by atoms with E-state index >= 15 is 0 Å². The maximum atomic E-state index is 13.8. The van der Waals surface area contributed by atoms with Crippen LogP contribution in [0, 0.1) is 5.82 Å². The predicted octanol–water partition coefficient (Wildman–Crippen LogP) is 3.31. The second-order valence-electron chi connectivity index (χ2n) is 4.47. The van der Waals surface area contributed by atoms with Crippen molar-refractivity contribution in [2.24, 2.45) is 0 Å². The van der Waals surface area contributed by atoms with Crippen molar-refractivity contribution in [2.75, 3.05) is 6.61 Å². The van der Waals surface area contributed by atoms with Gasteiger partial charge >= 0.3 is 5.97 Å². The number of halogens is 1. The van der Waals surface area contributed by atoms with E-state index in [1.165, 1.54) is 17.4 Å². The van der Waals surface area contributed by atoms with Crippen LogP contribution in [0.3, 0.4) is 0 Å². The van der Waals surface area contributed by atoms with Crippen molar-refractivity contribution >= 4 is 22.3 Å². The van der Waals surface area contributed by atoms with Gasteiger partial charge in [0.2, 0.25) is 0 Å². The molecule has 1 aromatic carbocycles. The minimum absolute atomic E-state index is 0.181. The highest BCUT2D eigenvalue weighted by Crippen LogP contribution is 2.25. The van der Waals surface area contributed by atoms with Crippen molar-refractivity contribution in [2.45, 2.75) is 13.3 Å². The fourth-order valence-electron chi connectivity index (χ4n) is 2.12. The molecule has 2 heterocycles.